The molecule has 7 nitrogen and oxygen atoms in total. The molecule has 2 atom stereocenters. The van der Waals surface area contributed by atoms with E-state index in [1.54, 1.807) is 39.0 Å². The third-order valence-electron chi connectivity index (χ3n) is 4.15. The minimum Gasteiger partial charge on any atom is -0.322 e. The van der Waals surface area contributed by atoms with E-state index in [9.17, 15) is 18.8 Å². The Kier molecular flexibility index (Phi) is 5.18. The molecular weight excluding hydrogens is 315 g/mol. The highest BCUT2D eigenvalue weighted by Gasteiger charge is 2.47. The monoisotopic (exact) mass is 336 g/mol. The van der Waals surface area contributed by atoms with Gasteiger partial charge in [0.25, 0.3) is 11.8 Å². The molecule has 130 valence electrons. The number of hydrazine groups is 1. The SMILES string of the molecule is CCC1(C)NC(=O)N(NC(=O)CNC(C)c2ccccc2F)C1=O. The highest BCUT2D eigenvalue weighted by molar-refractivity contribution is 6.07. The Bertz CT molecular complexity index is 666. The van der Waals surface area contributed by atoms with Gasteiger partial charge in [-0.2, -0.15) is 5.01 Å². The van der Waals surface area contributed by atoms with Gasteiger partial charge in [-0.1, -0.05) is 25.1 Å². The zero-order chi connectivity index (χ0) is 17.9. The number of carbonyl (C=O) groups excluding carboxylic acids is 3. The molecule has 8 heteroatoms. The molecule has 1 aromatic carbocycles. The third-order valence-corrected chi connectivity index (χ3v) is 4.15. The topological polar surface area (TPSA) is 90.5 Å². The average Bonchev–Trinajstić information content (AvgIpc) is 2.77. The number of nitrogens with one attached hydrogen (secondary N) is 3. The van der Waals surface area contributed by atoms with Crippen molar-refractivity contribution in [2.24, 2.45) is 0 Å². The van der Waals surface area contributed by atoms with E-state index in [4.69, 9.17) is 0 Å². The van der Waals surface area contributed by atoms with Crippen LogP contribution in [0.2, 0.25) is 0 Å². The number of nitrogens with zero attached hydrogens (tertiary/aromatic N) is 1. The van der Waals surface area contributed by atoms with E-state index in [2.05, 4.69) is 16.1 Å². The molecule has 1 fully saturated rings. The molecule has 2 unspecified atom stereocenters. The second-order valence-electron chi connectivity index (χ2n) is 5.92. The van der Waals surface area contributed by atoms with Crippen molar-refractivity contribution in [3.63, 3.8) is 0 Å². The van der Waals surface area contributed by atoms with Gasteiger partial charge >= 0.3 is 6.03 Å². The number of urea groups is 1. The molecule has 4 amide bonds. The number of hydrogen-bond donors (Lipinski definition) is 3. The molecule has 2 rings (SSSR count). The Labute approximate surface area is 139 Å². The molecule has 0 bridgehead atoms. The number of halogens is 1. The lowest BCUT2D eigenvalue weighted by Gasteiger charge is -2.20. The molecule has 0 spiro atoms. The van der Waals surface area contributed by atoms with Crippen LogP contribution in [0.3, 0.4) is 0 Å². The van der Waals surface area contributed by atoms with Crippen molar-refractivity contribution in [1.82, 2.24) is 21.1 Å². The summed E-state index contributed by atoms with van der Waals surface area (Å²) in [6.45, 7) is 4.90. The van der Waals surface area contributed by atoms with Gasteiger partial charge in [-0.15, -0.1) is 0 Å². The van der Waals surface area contributed by atoms with Gasteiger partial charge in [0, 0.05) is 11.6 Å². The summed E-state index contributed by atoms with van der Waals surface area (Å²) >= 11 is 0. The van der Waals surface area contributed by atoms with Crippen LogP contribution < -0.4 is 16.1 Å². The number of imide groups is 1. The van der Waals surface area contributed by atoms with Crippen LogP contribution in [0.25, 0.3) is 0 Å². The molecule has 1 aliphatic heterocycles. The minimum absolute atomic E-state index is 0.171. The van der Waals surface area contributed by atoms with Gasteiger partial charge < -0.3 is 10.6 Å². The largest absolute Gasteiger partial charge is 0.344 e. The van der Waals surface area contributed by atoms with Gasteiger partial charge in [0.2, 0.25) is 0 Å². The summed E-state index contributed by atoms with van der Waals surface area (Å²) in [7, 11) is 0. The first-order chi connectivity index (χ1) is 11.3. The molecule has 1 aromatic rings. The third kappa shape index (κ3) is 3.53. The normalized spacial score (nSPS) is 21.6. The van der Waals surface area contributed by atoms with Crippen molar-refractivity contribution in [3.05, 3.63) is 35.6 Å². The van der Waals surface area contributed by atoms with Crippen LogP contribution in [0.4, 0.5) is 9.18 Å². The first kappa shape index (κ1) is 17.9. The molecule has 1 heterocycles. The van der Waals surface area contributed by atoms with E-state index >= 15 is 0 Å². The maximum atomic E-state index is 13.7. The van der Waals surface area contributed by atoms with Gasteiger partial charge in [0.1, 0.15) is 11.4 Å². The summed E-state index contributed by atoms with van der Waals surface area (Å²) in [5, 5.41) is 6.07. The maximum Gasteiger partial charge on any atom is 0.344 e. The summed E-state index contributed by atoms with van der Waals surface area (Å²) in [5.41, 5.74) is 1.68. The average molecular weight is 336 g/mol. The Morgan fingerprint density at radius 1 is 1.38 bits per heavy atom. The van der Waals surface area contributed by atoms with Gasteiger partial charge in [-0.3, -0.25) is 15.0 Å². The fourth-order valence-electron chi connectivity index (χ4n) is 2.37. The second kappa shape index (κ2) is 6.96. The van der Waals surface area contributed by atoms with Crippen molar-refractivity contribution in [2.45, 2.75) is 38.8 Å². The predicted molar refractivity (Wildman–Crippen MR) is 85.0 cm³/mol. The standard InChI is InChI=1S/C16H21FN4O3/c1-4-16(3)14(23)21(15(24)19-16)20-13(22)9-18-10(2)11-7-5-6-8-12(11)17/h5-8,10,18H,4,9H2,1-3H3,(H,19,24)(H,20,22). The van der Waals surface area contributed by atoms with Crippen LogP contribution in [-0.2, 0) is 9.59 Å². The van der Waals surface area contributed by atoms with Crippen molar-refractivity contribution in [2.75, 3.05) is 6.54 Å². The highest BCUT2D eigenvalue weighted by Crippen LogP contribution is 2.19. The second-order valence-corrected chi connectivity index (χ2v) is 5.92. The lowest BCUT2D eigenvalue weighted by molar-refractivity contribution is -0.138. The first-order valence-corrected chi connectivity index (χ1v) is 7.72. The molecule has 0 saturated carbocycles. The van der Waals surface area contributed by atoms with Crippen molar-refractivity contribution in [3.8, 4) is 0 Å². The predicted octanol–water partition coefficient (Wildman–Crippen LogP) is 1.23. The summed E-state index contributed by atoms with van der Waals surface area (Å²) in [5.74, 6) is -1.45. The van der Waals surface area contributed by atoms with E-state index in [0.29, 0.717) is 17.0 Å². The lowest BCUT2D eigenvalue weighted by Crippen LogP contribution is -2.50. The van der Waals surface area contributed by atoms with E-state index in [-0.39, 0.29) is 12.4 Å². The zero-order valence-electron chi connectivity index (χ0n) is 13.9. The molecule has 0 radical (unpaired) electrons. The lowest BCUT2D eigenvalue weighted by atomic mass is 10.00. The van der Waals surface area contributed by atoms with Crippen LogP contribution in [-0.4, -0.2) is 34.9 Å². The Morgan fingerprint density at radius 2 is 2.04 bits per heavy atom. The van der Waals surface area contributed by atoms with Gasteiger partial charge in [-0.05, 0) is 26.3 Å². The van der Waals surface area contributed by atoms with E-state index in [0.717, 1.165) is 0 Å². The molecule has 0 aromatic heterocycles. The first-order valence-electron chi connectivity index (χ1n) is 7.72. The molecule has 3 N–H and O–H groups in total. The van der Waals surface area contributed by atoms with Gasteiger partial charge in [-0.25, -0.2) is 9.18 Å². The summed E-state index contributed by atoms with van der Waals surface area (Å²) in [4.78, 5) is 35.9. The fourth-order valence-corrected chi connectivity index (χ4v) is 2.37. The number of rotatable bonds is 6. The number of hydrogen-bond acceptors (Lipinski definition) is 4. The molecular formula is C16H21FN4O3. The quantitative estimate of drug-likeness (QED) is 0.682. The van der Waals surface area contributed by atoms with Crippen molar-refractivity contribution in [1.29, 1.82) is 0 Å². The molecule has 24 heavy (non-hydrogen) atoms. The number of benzene rings is 1. The molecule has 1 saturated heterocycles. The van der Waals surface area contributed by atoms with Crippen LogP contribution in [0.15, 0.2) is 24.3 Å². The zero-order valence-corrected chi connectivity index (χ0v) is 13.9. The Hall–Kier alpha value is -2.48. The molecule has 1 aliphatic rings. The van der Waals surface area contributed by atoms with Crippen LogP contribution in [0.5, 0.6) is 0 Å². The number of carbonyl (C=O) groups is 3. The summed E-state index contributed by atoms with van der Waals surface area (Å²) in [6, 6.07) is 5.18. The van der Waals surface area contributed by atoms with Crippen LogP contribution >= 0.6 is 0 Å². The summed E-state index contributed by atoms with van der Waals surface area (Å²) in [6.07, 6.45) is 0.409. The smallest absolute Gasteiger partial charge is 0.322 e. The number of amides is 4. The van der Waals surface area contributed by atoms with E-state index < -0.39 is 29.4 Å². The summed E-state index contributed by atoms with van der Waals surface area (Å²) < 4.78 is 13.7. The van der Waals surface area contributed by atoms with Crippen molar-refractivity contribution < 1.29 is 18.8 Å². The van der Waals surface area contributed by atoms with Crippen molar-refractivity contribution >= 4 is 17.8 Å². The maximum absolute atomic E-state index is 13.7. The van der Waals surface area contributed by atoms with E-state index in [1.807, 2.05) is 0 Å². The van der Waals surface area contributed by atoms with E-state index in [1.165, 1.54) is 6.07 Å². The minimum atomic E-state index is -1.02. The van der Waals surface area contributed by atoms with Crippen LogP contribution in [0, 0.1) is 5.82 Å². The fraction of sp³-hybridized carbons (Fsp3) is 0.438. The van der Waals surface area contributed by atoms with Gasteiger partial charge in [0.15, 0.2) is 0 Å². The van der Waals surface area contributed by atoms with Gasteiger partial charge in [0.05, 0.1) is 6.54 Å². The Morgan fingerprint density at radius 3 is 2.62 bits per heavy atom. The Balaban J connectivity index is 1.91. The van der Waals surface area contributed by atoms with Crippen LogP contribution in [0.1, 0.15) is 38.8 Å². The molecule has 0 aliphatic carbocycles. The highest BCUT2D eigenvalue weighted by atomic mass is 19.1.